The van der Waals surface area contributed by atoms with E-state index < -0.39 is 12.8 Å². The molecule has 0 aliphatic heterocycles. The number of carbonyl (C=O) groups excluding carboxylic acids is 1. The number of alkyl halides is 1. The summed E-state index contributed by atoms with van der Waals surface area (Å²) < 4.78 is 23.9. The molecule has 0 atom stereocenters. The third-order valence-electron chi connectivity index (χ3n) is 2.61. The number of hydroxylamine groups is 1. The lowest BCUT2D eigenvalue weighted by molar-refractivity contribution is 0.0702. The number of carbonyl (C=O) groups is 1. The molecule has 2 rings (SSSR count). The number of ether oxygens (including phenoxy) is 2. The molecule has 0 radical (unpaired) electrons. The van der Waals surface area contributed by atoms with Crippen LogP contribution in [0.4, 0.5) is 4.39 Å². The molecule has 1 aromatic heterocycles. The van der Waals surface area contributed by atoms with Crippen molar-refractivity contribution in [3.8, 4) is 11.6 Å². The molecular formula is C12H12FN3O4S. The third kappa shape index (κ3) is 3.64. The second-order valence-electron chi connectivity index (χ2n) is 3.84. The average Bonchev–Trinajstić information content (AvgIpc) is 2.91. The lowest BCUT2D eigenvalue weighted by Gasteiger charge is -2.13. The summed E-state index contributed by atoms with van der Waals surface area (Å²) >= 11 is 3.96. The van der Waals surface area contributed by atoms with Gasteiger partial charge < -0.3 is 9.47 Å². The monoisotopic (exact) mass is 313 g/mol. The van der Waals surface area contributed by atoms with Gasteiger partial charge in [-0.05, 0) is 24.9 Å². The van der Waals surface area contributed by atoms with E-state index in [0.29, 0.717) is 0 Å². The lowest BCUT2D eigenvalue weighted by Crippen LogP contribution is -2.21. The van der Waals surface area contributed by atoms with Gasteiger partial charge in [0.1, 0.15) is 12.4 Å². The van der Waals surface area contributed by atoms with Gasteiger partial charge in [0.25, 0.3) is 5.91 Å². The van der Waals surface area contributed by atoms with Gasteiger partial charge in [-0.25, -0.2) is 14.0 Å². The quantitative estimate of drug-likeness (QED) is 0.428. The van der Waals surface area contributed by atoms with Gasteiger partial charge in [-0.3, -0.25) is 10.0 Å². The van der Waals surface area contributed by atoms with Crippen LogP contribution in [0.3, 0.4) is 0 Å². The fourth-order valence-corrected chi connectivity index (χ4v) is 1.86. The summed E-state index contributed by atoms with van der Waals surface area (Å²) in [6.07, 6.45) is 1.56. The fourth-order valence-electron chi connectivity index (χ4n) is 1.70. The average molecular weight is 313 g/mol. The van der Waals surface area contributed by atoms with E-state index in [-0.39, 0.29) is 29.4 Å². The van der Waals surface area contributed by atoms with Gasteiger partial charge in [0.05, 0.1) is 5.56 Å². The zero-order valence-corrected chi connectivity index (χ0v) is 11.6. The number of hydrogen-bond donors (Lipinski definition) is 3. The second-order valence-corrected chi connectivity index (χ2v) is 4.25. The molecule has 1 amide bonds. The van der Waals surface area contributed by atoms with Crippen molar-refractivity contribution < 1.29 is 23.9 Å². The minimum Gasteiger partial charge on any atom is -0.472 e. The van der Waals surface area contributed by atoms with Crippen LogP contribution in [0.15, 0.2) is 30.5 Å². The first-order valence-corrected chi connectivity index (χ1v) is 6.18. The number of nitrogens with zero attached hydrogens (tertiary/aromatic N) is 2. The Morgan fingerprint density at radius 1 is 1.43 bits per heavy atom. The molecule has 0 saturated carbocycles. The topological polar surface area (TPSA) is 85.6 Å². The Morgan fingerprint density at radius 3 is 2.86 bits per heavy atom. The molecule has 0 bridgehead atoms. The van der Waals surface area contributed by atoms with Crippen molar-refractivity contribution in [2.75, 3.05) is 6.86 Å². The maximum Gasteiger partial charge on any atom is 0.275 e. The fraction of sp³-hybridized carbons (Fsp3) is 0.167. The SMILES string of the molecule is O=C(NO)c1cccc(OCF)c1COc1ccn(S)n1. The van der Waals surface area contributed by atoms with Crippen LogP contribution in [0.5, 0.6) is 11.6 Å². The number of hydrogen-bond acceptors (Lipinski definition) is 6. The highest BCUT2D eigenvalue weighted by Gasteiger charge is 2.16. The summed E-state index contributed by atoms with van der Waals surface area (Å²) in [6.45, 7) is -1.15. The number of aromatic nitrogens is 2. The van der Waals surface area contributed by atoms with Crippen molar-refractivity contribution in [3.63, 3.8) is 0 Å². The molecule has 21 heavy (non-hydrogen) atoms. The Balaban J connectivity index is 2.27. The predicted molar refractivity (Wildman–Crippen MR) is 73.2 cm³/mol. The van der Waals surface area contributed by atoms with Crippen LogP contribution in [0.2, 0.25) is 0 Å². The molecule has 0 saturated heterocycles. The predicted octanol–water partition coefficient (Wildman–Crippen LogP) is 1.58. The van der Waals surface area contributed by atoms with E-state index in [4.69, 9.17) is 14.7 Å². The summed E-state index contributed by atoms with van der Waals surface area (Å²) in [4.78, 5) is 11.6. The van der Waals surface area contributed by atoms with Crippen LogP contribution in [-0.2, 0) is 6.61 Å². The molecule has 9 heteroatoms. The van der Waals surface area contributed by atoms with Crippen LogP contribution in [0.25, 0.3) is 0 Å². The third-order valence-corrected chi connectivity index (χ3v) is 2.83. The molecule has 2 aromatic rings. The Kier molecular flexibility index (Phi) is 5.01. The number of benzene rings is 1. The maximum absolute atomic E-state index is 12.4. The van der Waals surface area contributed by atoms with Gasteiger partial charge in [-0.2, -0.15) is 0 Å². The first-order chi connectivity index (χ1) is 10.2. The summed E-state index contributed by atoms with van der Waals surface area (Å²) in [5, 5.41) is 12.6. The van der Waals surface area contributed by atoms with Gasteiger partial charge >= 0.3 is 0 Å². The number of nitrogens with one attached hydrogen (secondary N) is 1. The first-order valence-electron chi connectivity index (χ1n) is 5.78. The zero-order chi connectivity index (χ0) is 15.2. The molecule has 1 aromatic carbocycles. The molecular weight excluding hydrogens is 301 g/mol. The van der Waals surface area contributed by atoms with Gasteiger partial charge in [-0.1, -0.05) is 6.07 Å². The van der Waals surface area contributed by atoms with E-state index in [9.17, 15) is 9.18 Å². The Labute approximate surface area is 124 Å². The van der Waals surface area contributed by atoms with Crippen molar-refractivity contribution in [1.82, 2.24) is 14.7 Å². The largest absolute Gasteiger partial charge is 0.472 e. The number of halogens is 1. The minimum atomic E-state index is -1.05. The summed E-state index contributed by atoms with van der Waals surface area (Å²) in [6, 6.07) is 6.01. The lowest BCUT2D eigenvalue weighted by atomic mass is 10.1. The van der Waals surface area contributed by atoms with Crippen LogP contribution in [0.1, 0.15) is 15.9 Å². The normalized spacial score (nSPS) is 10.2. The van der Waals surface area contributed by atoms with Crippen LogP contribution >= 0.6 is 12.8 Å². The minimum absolute atomic E-state index is 0.0935. The van der Waals surface area contributed by atoms with Crippen molar-refractivity contribution in [1.29, 1.82) is 0 Å². The summed E-state index contributed by atoms with van der Waals surface area (Å²) in [5.41, 5.74) is 1.91. The molecule has 1 heterocycles. The van der Waals surface area contributed by atoms with Crippen molar-refractivity contribution in [2.24, 2.45) is 0 Å². The summed E-state index contributed by atoms with van der Waals surface area (Å²) in [5.74, 6) is -0.336. The molecule has 0 unspecified atom stereocenters. The molecule has 0 aliphatic carbocycles. The molecule has 7 nitrogen and oxygen atoms in total. The molecule has 112 valence electrons. The molecule has 0 fully saturated rings. The molecule has 0 aliphatic rings. The van der Waals surface area contributed by atoms with E-state index in [1.807, 2.05) is 0 Å². The smallest absolute Gasteiger partial charge is 0.275 e. The second kappa shape index (κ2) is 6.95. The van der Waals surface area contributed by atoms with E-state index >= 15 is 0 Å². The van der Waals surface area contributed by atoms with E-state index in [1.165, 1.54) is 27.8 Å². The zero-order valence-electron chi connectivity index (χ0n) is 10.7. The highest BCUT2D eigenvalue weighted by molar-refractivity contribution is 7.78. The highest BCUT2D eigenvalue weighted by atomic mass is 32.1. The van der Waals surface area contributed by atoms with Crippen molar-refractivity contribution >= 4 is 18.7 Å². The van der Waals surface area contributed by atoms with E-state index in [2.05, 4.69) is 17.9 Å². The van der Waals surface area contributed by atoms with Crippen LogP contribution in [0, 0.1) is 0 Å². The van der Waals surface area contributed by atoms with Crippen molar-refractivity contribution in [2.45, 2.75) is 6.61 Å². The number of thiol groups is 1. The van der Waals surface area contributed by atoms with Crippen LogP contribution in [-0.4, -0.2) is 27.2 Å². The van der Waals surface area contributed by atoms with Gasteiger partial charge in [-0.15, -0.1) is 5.10 Å². The van der Waals surface area contributed by atoms with Gasteiger partial charge in [0.15, 0.2) is 0 Å². The van der Waals surface area contributed by atoms with Crippen LogP contribution < -0.4 is 15.0 Å². The molecule has 0 spiro atoms. The van der Waals surface area contributed by atoms with Gasteiger partial charge in [0.2, 0.25) is 12.7 Å². The number of amides is 1. The van der Waals surface area contributed by atoms with E-state index in [0.717, 1.165) is 0 Å². The summed E-state index contributed by atoms with van der Waals surface area (Å²) in [7, 11) is 0. The van der Waals surface area contributed by atoms with E-state index in [1.54, 1.807) is 12.3 Å². The Morgan fingerprint density at radius 2 is 2.24 bits per heavy atom. The number of rotatable bonds is 6. The maximum atomic E-state index is 12.4. The highest BCUT2D eigenvalue weighted by Crippen LogP contribution is 2.24. The standard InChI is InChI=1S/C12H12FN3O4S/c13-7-20-10-3-1-2-8(12(17)15-18)9(10)6-19-11-4-5-16(21)14-11/h1-5,18,21H,6-7H2,(H,15,17). The van der Waals surface area contributed by atoms with Gasteiger partial charge in [0, 0.05) is 17.8 Å². The first kappa shape index (κ1) is 15.1. The Bertz CT molecular complexity index is 635. The van der Waals surface area contributed by atoms with Crippen molar-refractivity contribution in [3.05, 3.63) is 41.6 Å². The Hall–Kier alpha value is -2.26. The molecule has 2 N–H and O–H groups in total.